The van der Waals surface area contributed by atoms with Crippen LogP contribution in [-0.2, 0) is 11.3 Å². The Bertz CT molecular complexity index is 1520. The summed E-state index contributed by atoms with van der Waals surface area (Å²) < 4.78 is 9.15. The molecule has 154 valence electrons. The van der Waals surface area contributed by atoms with Gasteiger partial charge in [-0.15, -0.1) is 0 Å². The number of fused-ring (bicyclic) bond motifs is 4. The number of halogens is 1. The van der Waals surface area contributed by atoms with Gasteiger partial charge in [-0.2, -0.15) is 9.78 Å². The Kier molecular flexibility index (Phi) is 5.05. The number of hydrogen-bond donors (Lipinski definition) is 0. The molecule has 0 radical (unpaired) electrons. The number of methoxy groups -OCH3 is 1. The Hall–Kier alpha value is -3.43. The lowest BCUT2D eigenvalue weighted by atomic mass is 10.2. The molecule has 0 aliphatic carbocycles. The highest BCUT2D eigenvalue weighted by Gasteiger charge is 2.19. The van der Waals surface area contributed by atoms with Gasteiger partial charge in [-0.1, -0.05) is 40.2 Å². The smallest absolute Gasteiger partial charge is 0.265 e. The van der Waals surface area contributed by atoms with Gasteiger partial charge in [0.1, 0.15) is 17.2 Å². The molecule has 0 aliphatic heterocycles. The van der Waals surface area contributed by atoms with E-state index in [0.29, 0.717) is 40.9 Å². The summed E-state index contributed by atoms with van der Waals surface area (Å²) >= 11 is 3.47. The van der Waals surface area contributed by atoms with Crippen molar-refractivity contribution < 1.29 is 4.74 Å². The quantitative estimate of drug-likeness (QED) is 0.361. The van der Waals surface area contributed by atoms with Crippen molar-refractivity contribution in [2.75, 3.05) is 13.7 Å². The third kappa shape index (κ3) is 3.51. The number of nitrogens with zero attached hydrogens (tertiary/aromatic N) is 6. The summed E-state index contributed by atoms with van der Waals surface area (Å²) in [7, 11) is 1.59. The van der Waals surface area contributed by atoms with Crippen molar-refractivity contribution in [1.29, 1.82) is 0 Å². The molecule has 9 heteroatoms. The monoisotopic (exact) mass is 476 g/mol. The van der Waals surface area contributed by atoms with Crippen LogP contribution in [0, 0.1) is 0 Å². The maximum absolute atomic E-state index is 13.2. The molecule has 3 aromatic heterocycles. The molecule has 5 aromatic rings. The highest BCUT2D eigenvalue weighted by atomic mass is 79.9. The van der Waals surface area contributed by atoms with E-state index >= 15 is 0 Å². The molecule has 0 saturated heterocycles. The van der Waals surface area contributed by atoms with Gasteiger partial charge in [0.25, 0.3) is 5.56 Å². The summed E-state index contributed by atoms with van der Waals surface area (Å²) in [5.41, 5.74) is 3.49. The minimum Gasteiger partial charge on any atom is -0.383 e. The SMILES string of the molecule is COCCn1cnc2c(c1=O)c1nc3ccccc3nc1n2N=Cc1cccc(Br)c1. The van der Waals surface area contributed by atoms with Crippen molar-refractivity contribution in [3.05, 3.63) is 75.2 Å². The molecule has 0 fully saturated rings. The zero-order valence-corrected chi connectivity index (χ0v) is 18.2. The molecular weight excluding hydrogens is 460 g/mol. The average molecular weight is 477 g/mol. The van der Waals surface area contributed by atoms with Crippen LogP contribution in [0.25, 0.3) is 33.2 Å². The number of rotatable bonds is 5. The molecule has 0 amide bonds. The van der Waals surface area contributed by atoms with Crippen molar-refractivity contribution >= 4 is 55.4 Å². The molecule has 0 aliphatic rings. The third-order valence-electron chi connectivity index (χ3n) is 4.92. The van der Waals surface area contributed by atoms with Gasteiger partial charge in [0.15, 0.2) is 11.3 Å². The van der Waals surface area contributed by atoms with Gasteiger partial charge >= 0.3 is 0 Å². The molecule has 0 unspecified atom stereocenters. The van der Waals surface area contributed by atoms with Crippen molar-refractivity contribution in [2.24, 2.45) is 5.10 Å². The second-order valence-corrected chi connectivity index (χ2v) is 7.85. The fourth-order valence-electron chi connectivity index (χ4n) is 3.42. The number of para-hydroxylation sites is 2. The number of benzene rings is 2. The predicted octanol–water partition coefficient (Wildman–Crippen LogP) is 3.59. The van der Waals surface area contributed by atoms with Crippen LogP contribution in [0.5, 0.6) is 0 Å². The lowest BCUT2D eigenvalue weighted by Crippen LogP contribution is -2.22. The molecule has 31 heavy (non-hydrogen) atoms. The molecule has 0 bridgehead atoms. The van der Waals surface area contributed by atoms with Gasteiger partial charge in [-0.25, -0.2) is 15.0 Å². The fraction of sp³-hybridized carbons (Fsp3) is 0.136. The Morgan fingerprint density at radius 1 is 1.10 bits per heavy atom. The Morgan fingerprint density at radius 2 is 1.90 bits per heavy atom. The van der Waals surface area contributed by atoms with Crippen LogP contribution in [0.15, 0.2) is 69.2 Å². The molecule has 8 nitrogen and oxygen atoms in total. The van der Waals surface area contributed by atoms with Crippen LogP contribution in [0.4, 0.5) is 0 Å². The average Bonchev–Trinajstić information content (AvgIpc) is 3.09. The first-order chi connectivity index (χ1) is 15.2. The van der Waals surface area contributed by atoms with E-state index in [-0.39, 0.29) is 5.56 Å². The lowest BCUT2D eigenvalue weighted by molar-refractivity contribution is 0.186. The Labute approximate surface area is 185 Å². The van der Waals surface area contributed by atoms with Crippen LogP contribution in [0.1, 0.15) is 5.56 Å². The van der Waals surface area contributed by atoms with Crippen LogP contribution < -0.4 is 5.56 Å². The lowest BCUT2D eigenvalue weighted by Gasteiger charge is -2.04. The van der Waals surface area contributed by atoms with Gasteiger partial charge in [0.2, 0.25) is 0 Å². The molecule has 5 rings (SSSR count). The van der Waals surface area contributed by atoms with E-state index in [1.165, 1.54) is 10.9 Å². The minimum absolute atomic E-state index is 0.201. The maximum atomic E-state index is 13.2. The normalized spacial score (nSPS) is 11.9. The molecular formula is C22H17BrN6O2. The first kappa shape index (κ1) is 19.5. The fourth-order valence-corrected chi connectivity index (χ4v) is 3.84. The second-order valence-electron chi connectivity index (χ2n) is 6.93. The summed E-state index contributed by atoms with van der Waals surface area (Å²) in [6, 6.07) is 15.3. The summed E-state index contributed by atoms with van der Waals surface area (Å²) in [6.45, 7) is 0.800. The van der Waals surface area contributed by atoms with Gasteiger partial charge in [0.05, 0.1) is 30.4 Å². The third-order valence-corrected chi connectivity index (χ3v) is 5.41. The van der Waals surface area contributed by atoms with E-state index in [1.807, 2.05) is 48.5 Å². The molecule has 0 saturated carbocycles. The van der Waals surface area contributed by atoms with Crippen molar-refractivity contribution in [2.45, 2.75) is 6.54 Å². The Balaban J connectivity index is 1.80. The highest BCUT2D eigenvalue weighted by Crippen LogP contribution is 2.25. The summed E-state index contributed by atoms with van der Waals surface area (Å²) in [5.74, 6) is 0. The van der Waals surface area contributed by atoms with Crippen LogP contribution in [0.3, 0.4) is 0 Å². The molecule has 0 atom stereocenters. The number of hydrogen-bond acceptors (Lipinski definition) is 6. The van der Waals surface area contributed by atoms with E-state index in [4.69, 9.17) is 14.7 Å². The minimum atomic E-state index is -0.201. The second kappa shape index (κ2) is 8.01. The van der Waals surface area contributed by atoms with Crippen molar-refractivity contribution in [3.8, 4) is 0 Å². The van der Waals surface area contributed by atoms with Crippen molar-refractivity contribution in [3.63, 3.8) is 0 Å². The Morgan fingerprint density at radius 3 is 2.68 bits per heavy atom. The highest BCUT2D eigenvalue weighted by molar-refractivity contribution is 9.10. The molecule has 2 aromatic carbocycles. The van der Waals surface area contributed by atoms with Gasteiger partial charge in [-0.3, -0.25) is 9.36 Å². The van der Waals surface area contributed by atoms with E-state index in [9.17, 15) is 4.79 Å². The predicted molar refractivity (Wildman–Crippen MR) is 124 cm³/mol. The van der Waals surface area contributed by atoms with Gasteiger partial charge in [-0.05, 0) is 29.8 Å². The largest absolute Gasteiger partial charge is 0.383 e. The van der Waals surface area contributed by atoms with E-state index < -0.39 is 0 Å². The van der Waals surface area contributed by atoms with Crippen molar-refractivity contribution in [1.82, 2.24) is 24.2 Å². The van der Waals surface area contributed by atoms with E-state index in [1.54, 1.807) is 18.0 Å². The maximum Gasteiger partial charge on any atom is 0.265 e. The van der Waals surface area contributed by atoms with E-state index in [2.05, 4.69) is 26.0 Å². The van der Waals surface area contributed by atoms with E-state index in [0.717, 1.165) is 15.6 Å². The van der Waals surface area contributed by atoms with Crippen LogP contribution in [0.2, 0.25) is 0 Å². The van der Waals surface area contributed by atoms with Gasteiger partial charge in [0, 0.05) is 11.6 Å². The number of aromatic nitrogens is 5. The summed E-state index contributed by atoms with van der Waals surface area (Å²) in [5, 5.41) is 4.99. The standard InChI is InChI=1S/C22H17BrN6O2/c1-31-10-9-28-13-24-20-18(22(28)30)19-21(27-17-8-3-2-7-16(17)26-19)29(20)25-12-14-5-4-6-15(23)11-14/h2-8,11-13H,9-10H2,1H3. The van der Waals surface area contributed by atoms with Crippen LogP contribution >= 0.6 is 15.9 Å². The zero-order chi connectivity index (χ0) is 21.4. The topological polar surface area (TPSA) is 87.2 Å². The van der Waals surface area contributed by atoms with Gasteiger partial charge < -0.3 is 4.74 Å². The molecule has 0 N–H and O–H groups in total. The first-order valence-corrected chi connectivity index (χ1v) is 10.4. The summed E-state index contributed by atoms with van der Waals surface area (Å²) in [6.07, 6.45) is 3.21. The first-order valence-electron chi connectivity index (χ1n) is 9.61. The number of ether oxygens (including phenoxy) is 1. The molecule has 3 heterocycles. The van der Waals surface area contributed by atoms with Crippen LogP contribution in [-0.4, -0.2) is 44.1 Å². The molecule has 0 spiro atoms. The zero-order valence-electron chi connectivity index (χ0n) is 16.6. The summed E-state index contributed by atoms with van der Waals surface area (Å²) in [4.78, 5) is 27.2.